The number of rotatable bonds is 3. The van der Waals surface area contributed by atoms with E-state index in [0.717, 1.165) is 12.2 Å². The third-order valence-electron chi connectivity index (χ3n) is 1.93. The molecule has 0 amide bonds. The van der Waals surface area contributed by atoms with Gasteiger partial charge < -0.3 is 4.42 Å². The third-order valence-corrected chi connectivity index (χ3v) is 2.62. The minimum Gasteiger partial charge on any atom is -0.448 e. The lowest BCUT2D eigenvalue weighted by molar-refractivity contribution is 0.534. The molecule has 2 aromatic rings. The van der Waals surface area contributed by atoms with Gasteiger partial charge in [0.2, 0.25) is 4.77 Å². The standard InChI is InChI=1S/C9H9BrN4OS/c1-2-8-12-13-9(16)14(8)11-5-6-3-4-7(10)15-6/h3-5H,2H2,1H3,(H,13,16)/b11-5+. The smallest absolute Gasteiger partial charge is 0.216 e. The molecule has 0 aromatic carbocycles. The minimum absolute atomic E-state index is 0.471. The summed E-state index contributed by atoms with van der Waals surface area (Å²) in [4.78, 5) is 0. The van der Waals surface area contributed by atoms with Crippen LogP contribution in [0.1, 0.15) is 18.5 Å². The molecule has 0 saturated carbocycles. The van der Waals surface area contributed by atoms with Crippen molar-refractivity contribution in [2.24, 2.45) is 5.10 Å². The molecule has 0 aliphatic carbocycles. The number of hydrogen-bond donors (Lipinski definition) is 1. The molecule has 0 saturated heterocycles. The van der Waals surface area contributed by atoms with Crippen molar-refractivity contribution in [1.82, 2.24) is 14.9 Å². The fourth-order valence-electron chi connectivity index (χ4n) is 1.18. The Morgan fingerprint density at radius 2 is 2.50 bits per heavy atom. The summed E-state index contributed by atoms with van der Waals surface area (Å²) in [6, 6.07) is 3.61. The quantitative estimate of drug-likeness (QED) is 0.700. The molecule has 0 fully saturated rings. The van der Waals surface area contributed by atoms with Gasteiger partial charge in [-0.3, -0.25) is 5.10 Å². The zero-order chi connectivity index (χ0) is 11.5. The molecule has 0 unspecified atom stereocenters. The number of H-pyrrole nitrogens is 1. The van der Waals surface area contributed by atoms with Gasteiger partial charge >= 0.3 is 0 Å². The van der Waals surface area contributed by atoms with Crippen molar-refractivity contribution in [3.05, 3.63) is 33.2 Å². The predicted octanol–water partition coefficient (Wildman–Crippen LogP) is 2.74. The Bertz CT molecular complexity index is 568. The maximum absolute atomic E-state index is 5.28. The van der Waals surface area contributed by atoms with Gasteiger partial charge in [-0.05, 0) is 40.3 Å². The first-order chi connectivity index (χ1) is 7.70. The second kappa shape index (κ2) is 4.75. The Balaban J connectivity index is 2.29. The molecule has 0 spiro atoms. The predicted molar refractivity (Wildman–Crippen MR) is 66.2 cm³/mol. The van der Waals surface area contributed by atoms with Crippen molar-refractivity contribution >= 4 is 34.4 Å². The fourth-order valence-corrected chi connectivity index (χ4v) is 1.70. The first-order valence-corrected chi connectivity index (χ1v) is 5.87. The maximum atomic E-state index is 5.28. The highest BCUT2D eigenvalue weighted by Gasteiger charge is 2.01. The van der Waals surface area contributed by atoms with Gasteiger partial charge in [0.05, 0.1) is 6.21 Å². The third kappa shape index (κ3) is 2.30. The fraction of sp³-hybridized carbons (Fsp3) is 0.222. The minimum atomic E-state index is 0.471. The normalized spacial score (nSPS) is 11.4. The molecule has 0 radical (unpaired) electrons. The zero-order valence-electron chi connectivity index (χ0n) is 8.48. The van der Waals surface area contributed by atoms with E-state index in [9.17, 15) is 0 Å². The van der Waals surface area contributed by atoms with Crippen molar-refractivity contribution in [1.29, 1.82) is 0 Å². The number of aryl methyl sites for hydroxylation is 1. The number of halogens is 1. The molecular weight excluding hydrogens is 292 g/mol. The highest BCUT2D eigenvalue weighted by atomic mass is 79.9. The van der Waals surface area contributed by atoms with E-state index in [2.05, 4.69) is 31.2 Å². The van der Waals surface area contributed by atoms with E-state index in [1.54, 1.807) is 17.0 Å². The van der Waals surface area contributed by atoms with Crippen molar-refractivity contribution in [3.8, 4) is 0 Å². The molecule has 0 atom stereocenters. The largest absolute Gasteiger partial charge is 0.448 e. The van der Waals surface area contributed by atoms with Crippen LogP contribution in [0.2, 0.25) is 0 Å². The van der Waals surface area contributed by atoms with E-state index in [-0.39, 0.29) is 0 Å². The van der Waals surface area contributed by atoms with Crippen LogP contribution in [0.15, 0.2) is 26.3 Å². The number of hydrogen-bond acceptors (Lipinski definition) is 4. The number of aromatic nitrogens is 3. The molecule has 0 aliphatic heterocycles. The maximum Gasteiger partial charge on any atom is 0.216 e. The van der Waals surface area contributed by atoms with Crippen LogP contribution in [-0.4, -0.2) is 21.1 Å². The van der Waals surface area contributed by atoms with Crippen LogP contribution < -0.4 is 0 Å². The van der Waals surface area contributed by atoms with Crippen molar-refractivity contribution in [3.63, 3.8) is 0 Å². The second-order valence-electron chi connectivity index (χ2n) is 3.00. The Labute approximate surface area is 105 Å². The van der Waals surface area contributed by atoms with Gasteiger partial charge in [0.25, 0.3) is 0 Å². The Morgan fingerprint density at radius 1 is 1.69 bits per heavy atom. The molecule has 16 heavy (non-hydrogen) atoms. The summed E-state index contributed by atoms with van der Waals surface area (Å²) in [7, 11) is 0. The van der Waals surface area contributed by atoms with E-state index in [1.165, 1.54) is 0 Å². The van der Waals surface area contributed by atoms with Crippen LogP contribution in [0.25, 0.3) is 0 Å². The number of aromatic amines is 1. The monoisotopic (exact) mass is 300 g/mol. The van der Waals surface area contributed by atoms with Gasteiger partial charge in [-0.1, -0.05) is 6.92 Å². The van der Waals surface area contributed by atoms with Gasteiger partial charge in [0, 0.05) is 6.42 Å². The number of furan rings is 1. The number of nitrogens with one attached hydrogen (secondary N) is 1. The Hall–Kier alpha value is -1.21. The molecule has 0 bridgehead atoms. The van der Waals surface area contributed by atoms with Crippen LogP contribution >= 0.6 is 28.1 Å². The second-order valence-corrected chi connectivity index (χ2v) is 4.17. The summed E-state index contributed by atoms with van der Waals surface area (Å²) in [6.07, 6.45) is 2.35. The summed E-state index contributed by atoms with van der Waals surface area (Å²) >= 11 is 8.27. The average Bonchev–Trinajstić information content (AvgIpc) is 2.82. The average molecular weight is 301 g/mol. The molecule has 0 aliphatic rings. The van der Waals surface area contributed by atoms with E-state index in [4.69, 9.17) is 16.6 Å². The Morgan fingerprint density at radius 3 is 3.12 bits per heavy atom. The molecule has 84 valence electrons. The summed E-state index contributed by atoms with van der Waals surface area (Å²) < 4.78 is 8.00. The van der Waals surface area contributed by atoms with E-state index in [1.807, 2.05) is 13.0 Å². The van der Waals surface area contributed by atoms with Crippen molar-refractivity contribution < 1.29 is 4.42 Å². The number of nitrogens with zero attached hydrogens (tertiary/aromatic N) is 3. The summed E-state index contributed by atoms with van der Waals surface area (Å²) in [5.74, 6) is 1.43. The van der Waals surface area contributed by atoms with Crippen LogP contribution in [0, 0.1) is 4.77 Å². The van der Waals surface area contributed by atoms with Crippen LogP contribution in [0.3, 0.4) is 0 Å². The van der Waals surface area contributed by atoms with E-state index in [0.29, 0.717) is 15.2 Å². The molecular formula is C9H9BrN4OS. The summed E-state index contributed by atoms with van der Waals surface area (Å²) in [5, 5.41) is 10.9. The van der Waals surface area contributed by atoms with Gasteiger partial charge in [-0.25, -0.2) is 0 Å². The van der Waals surface area contributed by atoms with Gasteiger partial charge in [0.15, 0.2) is 10.5 Å². The summed E-state index contributed by atoms with van der Waals surface area (Å²) in [5.41, 5.74) is 0. The van der Waals surface area contributed by atoms with Gasteiger partial charge in [-0.15, -0.1) is 0 Å². The SMILES string of the molecule is CCc1n[nH]c(=S)n1/N=C/c1ccc(Br)o1. The highest BCUT2D eigenvalue weighted by Crippen LogP contribution is 2.12. The first kappa shape index (κ1) is 11.3. The lowest BCUT2D eigenvalue weighted by Gasteiger charge is -1.94. The van der Waals surface area contributed by atoms with Crippen LogP contribution in [-0.2, 0) is 6.42 Å². The Kier molecular flexibility index (Phi) is 3.35. The molecule has 2 rings (SSSR count). The molecule has 7 heteroatoms. The van der Waals surface area contributed by atoms with Crippen molar-refractivity contribution in [2.45, 2.75) is 13.3 Å². The summed E-state index contributed by atoms with van der Waals surface area (Å²) in [6.45, 7) is 1.99. The molecule has 5 nitrogen and oxygen atoms in total. The first-order valence-electron chi connectivity index (χ1n) is 4.66. The topological polar surface area (TPSA) is 59.1 Å². The van der Waals surface area contributed by atoms with Gasteiger partial charge in [-0.2, -0.15) is 14.9 Å². The lowest BCUT2D eigenvalue weighted by atomic mass is 10.5. The molecule has 2 aromatic heterocycles. The molecule has 1 N–H and O–H groups in total. The van der Waals surface area contributed by atoms with E-state index < -0.39 is 0 Å². The van der Waals surface area contributed by atoms with E-state index >= 15 is 0 Å². The van der Waals surface area contributed by atoms with Crippen LogP contribution in [0.5, 0.6) is 0 Å². The highest BCUT2D eigenvalue weighted by molar-refractivity contribution is 9.10. The van der Waals surface area contributed by atoms with Gasteiger partial charge in [0.1, 0.15) is 5.76 Å². The lowest BCUT2D eigenvalue weighted by Crippen LogP contribution is -1.96. The van der Waals surface area contributed by atoms with Crippen LogP contribution in [0.4, 0.5) is 0 Å². The zero-order valence-corrected chi connectivity index (χ0v) is 10.9. The van der Waals surface area contributed by atoms with Crippen molar-refractivity contribution in [2.75, 3.05) is 0 Å². The molecule has 2 heterocycles.